The van der Waals surface area contributed by atoms with Crippen molar-refractivity contribution in [2.45, 2.75) is 49.3 Å². The van der Waals surface area contributed by atoms with Gasteiger partial charge in [-0.2, -0.15) is 0 Å². The van der Waals surface area contributed by atoms with E-state index in [0.717, 1.165) is 19.3 Å². The summed E-state index contributed by atoms with van der Waals surface area (Å²) < 4.78 is 0. The minimum atomic E-state index is -0.269. The van der Waals surface area contributed by atoms with Gasteiger partial charge in [0.25, 0.3) is 0 Å². The van der Waals surface area contributed by atoms with Crippen molar-refractivity contribution in [3.63, 3.8) is 0 Å². The largest absolute Gasteiger partial charge is 0.125 e. The number of hydrogen-bond acceptors (Lipinski definition) is 0. The zero-order valence-electron chi connectivity index (χ0n) is 8.03. The lowest BCUT2D eigenvalue weighted by Crippen LogP contribution is -2.40. The van der Waals surface area contributed by atoms with Crippen molar-refractivity contribution in [1.82, 2.24) is 0 Å². The quantitative estimate of drug-likeness (QED) is 0.644. The van der Waals surface area contributed by atoms with Gasteiger partial charge in [-0.15, -0.1) is 34.8 Å². The fourth-order valence-corrected chi connectivity index (χ4v) is 3.36. The maximum atomic E-state index is 6.47. The van der Waals surface area contributed by atoms with E-state index in [-0.39, 0.29) is 10.3 Å². The SMILES string of the molecule is CCC(Cl)(CCl)C1CCCCC1Cl. The maximum absolute atomic E-state index is 6.47. The third-order valence-electron chi connectivity index (χ3n) is 3.16. The lowest BCUT2D eigenvalue weighted by atomic mass is 9.78. The number of rotatable bonds is 3. The topological polar surface area (TPSA) is 0 Å². The van der Waals surface area contributed by atoms with Crippen molar-refractivity contribution in [1.29, 1.82) is 0 Å². The first-order valence-electron chi connectivity index (χ1n) is 5.03. The second-order valence-corrected chi connectivity index (χ2v) is 5.51. The van der Waals surface area contributed by atoms with Gasteiger partial charge >= 0.3 is 0 Å². The van der Waals surface area contributed by atoms with Crippen LogP contribution in [0, 0.1) is 5.92 Å². The standard InChI is InChI=1S/C10H17Cl3/c1-2-10(13,7-11)8-5-3-4-6-9(8)12/h8-9H,2-7H2,1H3. The zero-order valence-corrected chi connectivity index (χ0v) is 10.3. The smallest absolute Gasteiger partial charge is 0.0621 e. The van der Waals surface area contributed by atoms with E-state index in [9.17, 15) is 0 Å². The van der Waals surface area contributed by atoms with Gasteiger partial charge in [-0.25, -0.2) is 0 Å². The molecule has 3 heteroatoms. The molecule has 1 aliphatic carbocycles. The van der Waals surface area contributed by atoms with Gasteiger partial charge in [-0.3, -0.25) is 0 Å². The highest BCUT2D eigenvalue weighted by Crippen LogP contribution is 2.42. The van der Waals surface area contributed by atoms with Crippen LogP contribution in [0.1, 0.15) is 39.0 Å². The third kappa shape index (κ3) is 2.67. The van der Waals surface area contributed by atoms with E-state index in [1.165, 1.54) is 12.8 Å². The zero-order chi connectivity index (χ0) is 9.90. The first-order valence-corrected chi connectivity index (χ1v) is 6.38. The van der Waals surface area contributed by atoms with E-state index in [0.29, 0.717) is 11.8 Å². The highest BCUT2D eigenvalue weighted by Gasteiger charge is 2.39. The molecule has 0 aromatic carbocycles. The summed E-state index contributed by atoms with van der Waals surface area (Å²) in [6.07, 6.45) is 5.63. The van der Waals surface area contributed by atoms with Crippen LogP contribution in [0.25, 0.3) is 0 Å². The summed E-state index contributed by atoms with van der Waals surface area (Å²) in [6, 6.07) is 0. The molecule has 0 radical (unpaired) electrons. The van der Waals surface area contributed by atoms with Gasteiger partial charge < -0.3 is 0 Å². The van der Waals surface area contributed by atoms with Crippen LogP contribution < -0.4 is 0 Å². The lowest BCUT2D eigenvalue weighted by molar-refractivity contribution is 0.288. The van der Waals surface area contributed by atoms with Crippen LogP contribution in [-0.4, -0.2) is 16.1 Å². The Bertz CT molecular complexity index is 154. The molecule has 1 fully saturated rings. The van der Waals surface area contributed by atoms with Gasteiger partial charge in [-0.1, -0.05) is 19.8 Å². The number of alkyl halides is 3. The monoisotopic (exact) mass is 242 g/mol. The predicted octanol–water partition coefficient (Wildman–Crippen LogP) is 4.41. The molecule has 3 unspecified atom stereocenters. The van der Waals surface area contributed by atoms with E-state index in [1.807, 2.05) is 0 Å². The summed E-state index contributed by atoms with van der Waals surface area (Å²) in [7, 11) is 0. The van der Waals surface area contributed by atoms with E-state index >= 15 is 0 Å². The summed E-state index contributed by atoms with van der Waals surface area (Å²) in [4.78, 5) is -0.269. The average Bonchev–Trinajstić information content (AvgIpc) is 2.17. The Hall–Kier alpha value is 0.870. The molecule has 0 saturated heterocycles. The van der Waals surface area contributed by atoms with Crippen LogP contribution in [0.4, 0.5) is 0 Å². The van der Waals surface area contributed by atoms with Gasteiger partial charge in [-0.05, 0) is 25.2 Å². The maximum Gasteiger partial charge on any atom is 0.0621 e. The van der Waals surface area contributed by atoms with Gasteiger partial charge in [0.2, 0.25) is 0 Å². The molecular formula is C10H17Cl3. The highest BCUT2D eigenvalue weighted by molar-refractivity contribution is 6.31. The molecule has 0 amide bonds. The van der Waals surface area contributed by atoms with Crippen LogP contribution >= 0.6 is 34.8 Å². The molecule has 78 valence electrons. The Balaban J connectivity index is 2.65. The normalized spacial score (nSPS) is 34.2. The van der Waals surface area contributed by atoms with E-state index < -0.39 is 0 Å². The lowest BCUT2D eigenvalue weighted by Gasteiger charge is -2.38. The molecule has 0 bridgehead atoms. The second kappa shape index (κ2) is 5.09. The summed E-state index contributed by atoms with van der Waals surface area (Å²) in [5.74, 6) is 0.908. The van der Waals surface area contributed by atoms with E-state index in [2.05, 4.69) is 6.92 Å². The second-order valence-electron chi connectivity index (χ2n) is 3.93. The Labute approximate surface area is 95.9 Å². The Kier molecular flexibility index (Phi) is 4.68. The first kappa shape index (κ1) is 11.9. The van der Waals surface area contributed by atoms with Crippen molar-refractivity contribution in [2.75, 3.05) is 5.88 Å². The minimum Gasteiger partial charge on any atom is -0.125 e. The van der Waals surface area contributed by atoms with Crippen molar-refractivity contribution in [3.8, 4) is 0 Å². The van der Waals surface area contributed by atoms with Crippen LogP contribution in [0.5, 0.6) is 0 Å². The Morgan fingerprint density at radius 3 is 2.38 bits per heavy atom. The fourth-order valence-electron chi connectivity index (χ4n) is 2.12. The minimum absolute atomic E-state index is 0.227. The van der Waals surface area contributed by atoms with Gasteiger partial charge in [0.15, 0.2) is 0 Å². The molecule has 1 saturated carbocycles. The van der Waals surface area contributed by atoms with E-state index in [4.69, 9.17) is 34.8 Å². The number of halogens is 3. The fraction of sp³-hybridized carbons (Fsp3) is 1.00. The van der Waals surface area contributed by atoms with Crippen LogP contribution in [0.3, 0.4) is 0 Å². The predicted molar refractivity (Wildman–Crippen MR) is 61.2 cm³/mol. The molecule has 1 rings (SSSR count). The third-order valence-corrected chi connectivity index (χ3v) is 4.97. The number of hydrogen-bond donors (Lipinski definition) is 0. The molecule has 1 aliphatic rings. The molecule has 0 aromatic heterocycles. The molecule has 0 nitrogen and oxygen atoms in total. The summed E-state index contributed by atoms with van der Waals surface area (Å²) in [5.41, 5.74) is 0. The summed E-state index contributed by atoms with van der Waals surface area (Å²) in [6.45, 7) is 2.09. The van der Waals surface area contributed by atoms with Crippen LogP contribution in [-0.2, 0) is 0 Å². The van der Waals surface area contributed by atoms with Crippen LogP contribution in [0.2, 0.25) is 0 Å². The molecular weight excluding hydrogens is 226 g/mol. The molecule has 0 N–H and O–H groups in total. The van der Waals surface area contributed by atoms with Gasteiger partial charge in [0.1, 0.15) is 0 Å². The summed E-state index contributed by atoms with van der Waals surface area (Å²) >= 11 is 18.7. The molecule has 3 atom stereocenters. The summed E-state index contributed by atoms with van der Waals surface area (Å²) in [5, 5.41) is 0.227. The molecule has 0 aromatic rings. The average molecular weight is 244 g/mol. The van der Waals surface area contributed by atoms with Crippen molar-refractivity contribution >= 4 is 34.8 Å². The van der Waals surface area contributed by atoms with Gasteiger partial charge in [0.05, 0.1) is 4.87 Å². The van der Waals surface area contributed by atoms with Crippen molar-refractivity contribution in [3.05, 3.63) is 0 Å². The Morgan fingerprint density at radius 1 is 1.31 bits per heavy atom. The van der Waals surface area contributed by atoms with Crippen LogP contribution in [0.15, 0.2) is 0 Å². The van der Waals surface area contributed by atoms with E-state index in [1.54, 1.807) is 0 Å². The molecule has 0 aliphatic heterocycles. The molecule has 13 heavy (non-hydrogen) atoms. The first-order chi connectivity index (χ1) is 6.14. The van der Waals surface area contributed by atoms with Crippen molar-refractivity contribution in [2.24, 2.45) is 5.92 Å². The highest BCUT2D eigenvalue weighted by atomic mass is 35.5. The molecule has 0 spiro atoms. The Morgan fingerprint density at radius 2 is 1.92 bits per heavy atom. The van der Waals surface area contributed by atoms with Crippen molar-refractivity contribution < 1.29 is 0 Å². The van der Waals surface area contributed by atoms with Gasteiger partial charge in [0, 0.05) is 11.3 Å². The molecule has 0 heterocycles.